The third kappa shape index (κ3) is 2.86. The van der Waals surface area contributed by atoms with Crippen molar-refractivity contribution in [1.82, 2.24) is 4.57 Å². The molecule has 3 rings (SSSR count). The summed E-state index contributed by atoms with van der Waals surface area (Å²) in [4.78, 5) is 18.7. The summed E-state index contributed by atoms with van der Waals surface area (Å²) in [5, 5.41) is 0. The first-order valence-corrected chi connectivity index (χ1v) is 9.35. The number of carbonyl (C=O) groups is 1. The molecule has 0 spiro atoms. The minimum atomic E-state index is -0.188. The molecule has 0 fully saturated rings. The molecule has 23 heavy (non-hydrogen) atoms. The molecule has 3 aromatic rings. The van der Waals surface area contributed by atoms with Crippen molar-refractivity contribution >= 4 is 39.2 Å². The fourth-order valence-corrected chi connectivity index (χ4v) is 4.39. The number of thioether (sulfide) groups is 1. The van der Waals surface area contributed by atoms with Crippen LogP contribution in [0, 0.1) is 13.8 Å². The summed E-state index contributed by atoms with van der Waals surface area (Å²) in [6.45, 7) is 4.18. The zero-order chi connectivity index (χ0) is 16.6. The van der Waals surface area contributed by atoms with Crippen LogP contribution in [0.5, 0.6) is 0 Å². The van der Waals surface area contributed by atoms with E-state index in [1.165, 1.54) is 15.8 Å². The maximum atomic E-state index is 12.6. The Hall–Kier alpha value is -1.85. The predicted octanol–water partition coefficient (Wildman–Crippen LogP) is 4.32. The van der Waals surface area contributed by atoms with E-state index in [-0.39, 0.29) is 5.91 Å². The van der Waals surface area contributed by atoms with E-state index in [9.17, 15) is 4.79 Å². The summed E-state index contributed by atoms with van der Waals surface area (Å²) < 4.78 is 3.21. The van der Waals surface area contributed by atoms with Gasteiger partial charge in [0.1, 0.15) is 0 Å². The second-order valence-electron chi connectivity index (χ2n) is 5.44. The van der Waals surface area contributed by atoms with Crippen molar-refractivity contribution in [1.29, 1.82) is 0 Å². The van der Waals surface area contributed by atoms with Crippen molar-refractivity contribution < 1.29 is 4.79 Å². The van der Waals surface area contributed by atoms with Crippen LogP contribution in [0.25, 0.3) is 10.2 Å². The zero-order valence-electron chi connectivity index (χ0n) is 13.6. The zero-order valence-corrected chi connectivity index (χ0v) is 15.2. The van der Waals surface area contributed by atoms with Crippen LogP contribution in [0.4, 0.5) is 0 Å². The summed E-state index contributed by atoms with van der Waals surface area (Å²) in [5.74, 6) is -0.188. The molecule has 118 valence electrons. The summed E-state index contributed by atoms with van der Waals surface area (Å²) in [6, 6.07) is 11.8. The molecule has 0 saturated carbocycles. The van der Waals surface area contributed by atoms with Crippen molar-refractivity contribution in [3.05, 3.63) is 57.9 Å². The molecular formula is C18H18N2OS2. The summed E-state index contributed by atoms with van der Waals surface area (Å²) in [5.41, 5.74) is 4.22. The maximum absolute atomic E-state index is 12.6. The van der Waals surface area contributed by atoms with Gasteiger partial charge in [-0.25, -0.2) is 0 Å². The third-order valence-electron chi connectivity index (χ3n) is 3.88. The number of nitrogens with zero attached hydrogens (tertiary/aromatic N) is 2. The van der Waals surface area contributed by atoms with E-state index in [2.05, 4.69) is 31.0 Å². The summed E-state index contributed by atoms with van der Waals surface area (Å²) >= 11 is 3.13. The van der Waals surface area contributed by atoms with Gasteiger partial charge < -0.3 is 4.57 Å². The second-order valence-corrected chi connectivity index (χ2v) is 7.26. The normalized spacial score (nSPS) is 12.1. The number of aromatic nitrogens is 1. The van der Waals surface area contributed by atoms with Gasteiger partial charge in [-0.2, -0.15) is 4.99 Å². The van der Waals surface area contributed by atoms with Crippen molar-refractivity contribution in [2.75, 3.05) is 6.26 Å². The molecule has 1 aromatic heterocycles. The number of fused-ring (bicyclic) bond motifs is 1. The molecule has 2 aromatic carbocycles. The Balaban J connectivity index is 2.19. The average molecular weight is 342 g/mol. The van der Waals surface area contributed by atoms with Crippen LogP contribution in [0.3, 0.4) is 0 Å². The Morgan fingerprint density at radius 1 is 1.13 bits per heavy atom. The number of carbonyl (C=O) groups excluding carboxylic acids is 1. The highest BCUT2D eigenvalue weighted by molar-refractivity contribution is 7.98. The fraction of sp³-hybridized carbons (Fsp3) is 0.222. The monoisotopic (exact) mass is 342 g/mol. The quantitative estimate of drug-likeness (QED) is 0.650. The lowest BCUT2D eigenvalue weighted by atomic mass is 10.1. The van der Waals surface area contributed by atoms with Gasteiger partial charge >= 0.3 is 0 Å². The van der Waals surface area contributed by atoms with Crippen LogP contribution in [0.1, 0.15) is 21.5 Å². The lowest BCUT2D eigenvalue weighted by Gasteiger charge is -2.03. The van der Waals surface area contributed by atoms with Crippen molar-refractivity contribution in [2.45, 2.75) is 18.7 Å². The highest BCUT2D eigenvalue weighted by atomic mass is 32.2. The third-order valence-corrected chi connectivity index (χ3v) is 5.94. The van der Waals surface area contributed by atoms with Crippen LogP contribution in [0.15, 0.2) is 46.3 Å². The first-order chi connectivity index (χ1) is 11.0. The Morgan fingerprint density at radius 3 is 2.52 bits per heavy atom. The second kappa shape index (κ2) is 6.34. The van der Waals surface area contributed by atoms with Crippen LogP contribution in [-0.2, 0) is 7.05 Å². The number of benzene rings is 2. The van der Waals surface area contributed by atoms with Crippen LogP contribution in [-0.4, -0.2) is 16.7 Å². The average Bonchev–Trinajstić information content (AvgIpc) is 2.89. The topological polar surface area (TPSA) is 34.4 Å². The Morgan fingerprint density at radius 2 is 1.83 bits per heavy atom. The molecule has 0 unspecified atom stereocenters. The van der Waals surface area contributed by atoms with Gasteiger partial charge in [-0.05, 0) is 43.4 Å². The molecule has 0 N–H and O–H groups in total. The molecule has 0 saturated heterocycles. The number of amides is 1. The first-order valence-electron chi connectivity index (χ1n) is 7.30. The Bertz CT molecular complexity index is 967. The van der Waals surface area contributed by atoms with Gasteiger partial charge in [0, 0.05) is 11.9 Å². The molecule has 0 aliphatic heterocycles. The summed E-state index contributed by atoms with van der Waals surface area (Å²) in [7, 11) is 1.97. The smallest absolute Gasteiger partial charge is 0.280 e. The lowest BCUT2D eigenvalue weighted by molar-refractivity contribution is 0.0995. The highest BCUT2D eigenvalue weighted by Gasteiger charge is 2.12. The SMILES string of the molecule is CSc1ccccc1C(=O)N=c1sc2c(C)ccc(C)c2n1C. The lowest BCUT2D eigenvalue weighted by Crippen LogP contribution is -2.14. The molecule has 0 aliphatic carbocycles. The summed E-state index contributed by atoms with van der Waals surface area (Å²) in [6.07, 6.45) is 1.97. The number of hydrogen-bond acceptors (Lipinski definition) is 3. The predicted molar refractivity (Wildman–Crippen MR) is 98.4 cm³/mol. The van der Waals surface area contributed by atoms with E-state index in [4.69, 9.17) is 0 Å². The molecule has 1 heterocycles. The van der Waals surface area contributed by atoms with Gasteiger partial charge in [0.15, 0.2) is 4.80 Å². The molecule has 3 nitrogen and oxygen atoms in total. The maximum Gasteiger partial charge on any atom is 0.280 e. The fourth-order valence-electron chi connectivity index (χ4n) is 2.64. The van der Waals surface area contributed by atoms with E-state index in [1.54, 1.807) is 23.1 Å². The van der Waals surface area contributed by atoms with Gasteiger partial charge in [0.2, 0.25) is 0 Å². The molecule has 0 bridgehead atoms. The number of thiazole rings is 1. The van der Waals surface area contributed by atoms with E-state index >= 15 is 0 Å². The van der Waals surface area contributed by atoms with Crippen molar-refractivity contribution in [3.8, 4) is 0 Å². The number of aryl methyl sites for hydroxylation is 3. The van der Waals surface area contributed by atoms with Crippen LogP contribution in [0.2, 0.25) is 0 Å². The van der Waals surface area contributed by atoms with E-state index < -0.39 is 0 Å². The van der Waals surface area contributed by atoms with Gasteiger partial charge in [0.05, 0.1) is 15.8 Å². The standard InChI is InChI=1S/C18H18N2OS2/c1-11-9-10-12(2)16-15(11)20(3)18(23-16)19-17(21)13-7-5-6-8-14(13)22-4/h5-10H,1-4H3. The van der Waals surface area contributed by atoms with E-state index in [0.29, 0.717) is 5.56 Å². The number of rotatable bonds is 2. The van der Waals surface area contributed by atoms with E-state index in [0.717, 1.165) is 15.2 Å². The van der Waals surface area contributed by atoms with Gasteiger partial charge in [0.25, 0.3) is 5.91 Å². The minimum absolute atomic E-state index is 0.188. The molecule has 0 aliphatic rings. The van der Waals surface area contributed by atoms with Gasteiger partial charge in [-0.1, -0.05) is 35.6 Å². The van der Waals surface area contributed by atoms with Gasteiger partial charge in [-0.3, -0.25) is 4.79 Å². The molecule has 0 atom stereocenters. The van der Waals surface area contributed by atoms with E-state index in [1.807, 2.05) is 42.1 Å². The van der Waals surface area contributed by atoms with Gasteiger partial charge in [-0.15, -0.1) is 11.8 Å². The Kier molecular flexibility index (Phi) is 4.41. The molecular weight excluding hydrogens is 324 g/mol. The highest BCUT2D eigenvalue weighted by Crippen LogP contribution is 2.24. The molecule has 5 heteroatoms. The number of hydrogen-bond donors (Lipinski definition) is 0. The van der Waals surface area contributed by atoms with Crippen molar-refractivity contribution in [3.63, 3.8) is 0 Å². The first kappa shape index (κ1) is 16.0. The molecule has 1 amide bonds. The molecule has 0 radical (unpaired) electrons. The Labute approximate surface area is 143 Å². The minimum Gasteiger partial charge on any atom is -0.319 e. The van der Waals surface area contributed by atoms with Crippen LogP contribution < -0.4 is 4.80 Å². The largest absolute Gasteiger partial charge is 0.319 e. The van der Waals surface area contributed by atoms with Crippen molar-refractivity contribution in [2.24, 2.45) is 12.0 Å². The van der Waals surface area contributed by atoms with Crippen LogP contribution >= 0.6 is 23.1 Å².